The van der Waals surface area contributed by atoms with Gasteiger partial charge in [-0.2, -0.15) is 0 Å². The van der Waals surface area contributed by atoms with Gasteiger partial charge in [0.05, 0.1) is 11.5 Å². The molecule has 1 aromatic carbocycles. The van der Waals surface area contributed by atoms with Crippen molar-refractivity contribution < 1.29 is 9.59 Å². The number of thioether (sulfide) groups is 1. The summed E-state index contributed by atoms with van der Waals surface area (Å²) in [5, 5.41) is 5.75. The predicted octanol–water partition coefficient (Wildman–Crippen LogP) is 1.52. The third-order valence-corrected chi connectivity index (χ3v) is 4.53. The molecule has 1 saturated carbocycles. The van der Waals surface area contributed by atoms with E-state index in [9.17, 15) is 9.59 Å². The van der Waals surface area contributed by atoms with Crippen molar-refractivity contribution in [1.82, 2.24) is 5.32 Å². The van der Waals surface area contributed by atoms with E-state index in [0.29, 0.717) is 12.5 Å². The van der Waals surface area contributed by atoms with E-state index in [4.69, 9.17) is 5.73 Å². The molecule has 0 bridgehead atoms. The van der Waals surface area contributed by atoms with E-state index in [2.05, 4.69) is 10.6 Å². The number of aryl methyl sites for hydroxylation is 1. The number of carbonyl (C=O) groups excluding carboxylic acids is 2. The standard InChI is InChI=1S/C16H23N3O2S/c1-11-2-6-13(7-3-11)18-15(20)9-22-10-16(21)19-14(8-17)12-4-5-12/h2-3,6-7,12,14H,4-5,8-10,17H2,1H3,(H,18,20)(H,19,21). The fraction of sp³-hybridized carbons (Fsp3) is 0.500. The number of hydrogen-bond donors (Lipinski definition) is 3. The molecule has 2 rings (SSSR count). The van der Waals surface area contributed by atoms with Crippen molar-refractivity contribution in [2.45, 2.75) is 25.8 Å². The van der Waals surface area contributed by atoms with Crippen LogP contribution in [0.1, 0.15) is 18.4 Å². The van der Waals surface area contributed by atoms with Crippen molar-refractivity contribution in [2.24, 2.45) is 11.7 Å². The largest absolute Gasteiger partial charge is 0.351 e. The Kier molecular flexibility index (Phi) is 6.27. The normalized spacial score (nSPS) is 15.2. The van der Waals surface area contributed by atoms with Gasteiger partial charge in [-0.1, -0.05) is 17.7 Å². The highest BCUT2D eigenvalue weighted by Gasteiger charge is 2.31. The molecule has 6 heteroatoms. The second kappa shape index (κ2) is 8.19. The maximum Gasteiger partial charge on any atom is 0.234 e. The summed E-state index contributed by atoms with van der Waals surface area (Å²) in [5.41, 5.74) is 7.57. The minimum Gasteiger partial charge on any atom is -0.351 e. The summed E-state index contributed by atoms with van der Waals surface area (Å²) in [7, 11) is 0. The van der Waals surface area contributed by atoms with E-state index in [1.807, 2.05) is 31.2 Å². The number of nitrogens with one attached hydrogen (secondary N) is 2. The van der Waals surface area contributed by atoms with Crippen LogP contribution in [-0.4, -0.2) is 35.9 Å². The fourth-order valence-electron chi connectivity index (χ4n) is 2.19. The molecule has 5 nitrogen and oxygen atoms in total. The first-order valence-electron chi connectivity index (χ1n) is 7.52. The first kappa shape index (κ1) is 16.8. The lowest BCUT2D eigenvalue weighted by molar-refractivity contribution is -0.119. The second-order valence-electron chi connectivity index (χ2n) is 5.65. The SMILES string of the molecule is Cc1ccc(NC(=O)CSCC(=O)NC(CN)C2CC2)cc1. The molecule has 1 unspecified atom stereocenters. The lowest BCUT2D eigenvalue weighted by Crippen LogP contribution is -2.42. The van der Waals surface area contributed by atoms with E-state index in [1.54, 1.807) is 0 Å². The van der Waals surface area contributed by atoms with Crippen LogP contribution in [0.25, 0.3) is 0 Å². The number of carbonyl (C=O) groups is 2. The molecule has 1 atom stereocenters. The molecule has 0 radical (unpaired) electrons. The Balaban J connectivity index is 1.63. The predicted molar refractivity (Wildman–Crippen MR) is 90.8 cm³/mol. The molecule has 0 aromatic heterocycles. The number of hydrogen-bond acceptors (Lipinski definition) is 4. The number of anilines is 1. The van der Waals surface area contributed by atoms with Crippen molar-refractivity contribution in [1.29, 1.82) is 0 Å². The lowest BCUT2D eigenvalue weighted by Gasteiger charge is -2.15. The molecule has 4 N–H and O–H groups in total. The molecule has 0 saturated heterocycles. The zero-order valence-corrected chi connectivity index (χ0v) is 13.6. The van der Waals surface area contributed by atoms with Crippen LogP contribution >= 0.6 is 11.8 Å². The first-order valence-corrected chi connectivity index (χ1v) is 8.67. The molecule has 1 aliphatic carbocycles. The highest BCUT2D eigenvalue weighted by atomic mass is 32.2. The zero-order chi connectivity index (χ0) is 15.9. The van der Waals surface area contributed by atoms with Crippen molar-refractivity contribution in [3.8, 4) is 0 Å². The van der Waals surface area contributed by atoms with Crippen LogP contribution in [0.2, 0.25) is 0 Å². The van der Waals surface area contributed by atoms with E-state index < -0.39 is 0 Å². The highest BCUT2D eigenvalue weighted by Crippen LogP contribution is 2.32. The van der Waals surface area contributed by atoms with Crippen molar-refractivity contribution >= 4 is 29.3 Å². The molecule has 1 aromatic rings. The minimum atomic E-state index is -0.0979. The molecular formula is C16H23N3O2S. The molecule has 22 heavy (non-hydrogen) atoms. The van der Waals surface area contributed by atoms with Gasteiger partial charge in [-0.15, -0.1) is 11.8 Å². The van der Waals surface area contributed by atoms with Crippen LogP contribution in [0.5, 0.6) is 0 Å². The quantitative estimate of drug-likeness (QED) is 0.678. The number of benzene rings is 1. The van der Waals surface area contributed by atoms with Gasteiger partial charge in [-0.05, 0) is 37.8 Å². The highest BCUT2D eigenvalue weighted by molar-refractivity contribution is 8.00. The van der Waals surface area contributed by atoms with Gasteiger partial charge >= 0.3 is 0 Å². The van der Waals surface area contributed by atoms with Crippen LogP contribution in [0, 0.1) is 12.8 Å². The van der Waals surface area contributed by atoms with Gasteiger partial charge in [0.25, 0.3) is 0 Å². The lowest BCUT2D eigenvalue weighted by atomic mass is 10.2. The Morgan fingerprint density at radius 1 is 1.23 bits per heavy atom. The Labute approximate surface area is 135 Å². The topological polar surface area (TPSA) is 84.2 Å². The Bertz CT molecular complexity index is 515. The Morgan fingerprint density at radius 3 is 2.45 bits per heavy atom. The molecule has 0 spiro atoms. The van der Waals surface area contributed by atoms with Crippen molar-refractivity contribution in [3.63, 3.8) is 0 Å². The van der Waals surface area contributed by atoms with E-state index in [0.717, 1.165) is 24.1 Å². The van der Waals surface area contributed by atoms with Crippen LogP contribution in [0.15, 0.2) is 24.3 Å². The third-order valence-electron chi connectivity index (χ3n) is 3.59. The molecule has 0 heterocycles. The van der Waals surface area contributed by atoms with E-state index in [1.165, 1.54) is 11.8 Å². The van der Waals surface area contributed by atoms with Gasteiger partial charge in [-0.3, -0.25) is 9.59 Å². The van der Waals surface area contributed by atoms with Crippen molar-refractivity contribution in [2.75, 3.05) is 23.4 Å². The Morgan fingerprint density at radius 2 is 1.86 bits per heavy atom. The fourth-order valence-corrected chi connectivity index (χ4v) is 2.82. The third kappa shape index (κ3) is 5.69. The van der Waals surface area contributed by atoms with Gasteiger partial charge in [0, 0.05) is 18.3 Å². The van der Waals surface area contributed by atoms with E-state index in [-0.39, 0.29) is 29.4 Å². The Hall–Kier alpha value is -1.53. The zero-order valence-electron chi connectivity index (χ0n) is 12.8. The summed E-state index contributed by atoms with van der Waals surface area (Å²) in [5.74, 6) is 0.946. The molecule has 0 aliphatic heterocycles. The summed E-state index contributed by atoms with van der Waals surface area (Å²) >= 11 is 1.31. The van der Waals surface area contributed by atoms with Gasteiger partial charge < -0.3 is 16.4 Å². The number of amides is 2. The van der Waals surface area contributed by atoms with Crippen molar-refractivity contribution in [3.05, 3.63) is 29.8 Å². The summed E-state index contributed by atoms with van der Waals surface area (Å²) in [4.78, 5) is 23.6. The first-order chi connectivity index (χ1) is 10.6. The number of nitrogens with two attached hydrogens (primary N) is 1. The monoisotopic (exact) mass is 321 g/mol. The van der Waals surface area contributed by atoms with Gasteiger partial charge in [-0.25, -0.2) is 0 Å². The summed E-state index contributed by atoms with van der Waals surface area (Å²) in [6, 6.07) is 7.72. The van der Waals surface area contributed by atoms with E-state index >= 15 is 0 Å². The average Bonchev–Trinajstić information content (AvgIpc) is 3.32. The molecule has 1 aliphatic rings. The maximum atomic E-state index is 11.8. The second-order valence-corrected chi connectivity index (χ2v) is 6.64. The van der Waals surface area contributed by atoms with Gasteiger partial charge in [0.1, 0.15) is 0 Å². The minimum absolute atomic E-state index is 0.0458. The summed E-state index contributed by atoms with van der Waals surface area (Å²) in [6.07, 6.45) is 2.29. The molecule has 2 amide bonds. The van der Waals surface area contributed by atoms with Crippen LogP contribution in [-0.2, 0) is 9.59 Å². The van der Waals surface area contributed by atoms with Crippen LogP contribution < -0.4 is 16.4 Å². The average molecular weight is 321 g/mol. The molecule has 1 fully saturated rings. The smallest absolute Gasteiger partial charge is 0.234 e. The number of rotatable bonds is 8. The van der Waals surface area contributed by atoms with Gasteiger partial charge in [0.2, 0.25) is 11.8 Å². The summed E-state index contributed by atoms with van der Waals surface area (Å²) in [6.45, 7) is 2.48. The molecule has 120 valence electrons. The molecular weight excluding hydrogens is 298 g/mol. The maximum absolute atomic E-state index is 11.8. The van der Waals surface area contributed by atoms with Crippen LogP contribution in [0.3, 0.4) is 0 Å². The van der Waals surface area contributed by atoms with Gasteiger partial charge in [0.15, 0.2) is 0 Å². The van der Waals surface area contributed by atoms with Crippen LogP contribution in [0.4, 0.5) is 5.69 Å². The summed E-state index contributed by atoms with van der Waals surface area (Å²) < 4.78 is 0.